The van der Waals surface area contributed by atoms with Crippen LogP contribution >= 0.6 is 0 Å². The minimum absolute atomic E-state index is 0.0671. The van der Waals surface area contributed by atoms with Crippen molar-refractivity contribution in [3.63, 3.8) is 0 Å². The number of carbonyl (C=O) groups is 1. The number of aliphatic hydroxyl groups excluding tert-OH is 1. The van der Waals surface area contributed by atoms with Crippen molar-refractivity contribution in [1.82, 2.24) is 0 Å². The van der Waals surface area contributed by atoms with Gasteiger partial charge < -0.3 is 5.11 Å². The minimum Gasteiger partial charge on any atom is -0.384 e. The highest BCUT2D eigenvalue weighted by molar-refractivity contribution is 6.02. The topological polar surface area (TPSA) is 37.3 Å². The smallest absolute Gasteiger partial charge is 0.165 e. The Morgan fingerprint density at radius 1 is 1.15 bits per heavy atom. The summed E-state index contributed by atoms with van der Waals surface area (Å²) in [6, 6.07) is 7.79. The number of carbonyl (C=O) groups excluding carboxylic acids is 1. The van der Waals surface area contributed by atoms with Gasteiger partial charge in [0.05, 0.1) is 0 Å². The van der Waals surface area contributed by atoms with Crippen molar-refractivity contribution in [3.8, 4) is 0 Å². The SMILES string of the molecule is CC1=C(C(O)c2ccc(C)cc2)C(=O)[C@@H]2C[C@H]1C2(C)C. The van der Waals surface area contributed by atoms with Gasteiger partial charge in [-0.15, -0.1) is 0 Å². The molecule has 1 N–H and O–H groups in total. The van der Waals surface area contributed by atoms with Crippen LogP contribution in [0.15, 0.2) is 35.4 Å². The van der Waals surface area contributed by atoms with Crippen molar-refractivity contribution in [2.45, 2.75) is 40.2 Å². The van der Waals surface area contributed by atoms with E-state index in [1.165, 1.54) is 0 Å². The number of hydrogen-bond acceptors (Lipinski definition) is 2. The van der Waals surface area contributed by atoms with Gasteiger partial charge in [-0.3, -0.25) is 4.79 Å². The van der Waals surface area contributed by atoms with Crippen LogP contribution in [0.4, 0.5) is 0 Å². The zero-order chi connectivity index (χ0) is 14.7. The fourth-order valence-corrected chi connectivity index (χ4v) is 3.94. The number of aryl methyl sites for hydroxylation is 1. The Hall–Kier alpha value is -1.41. The first kappa shape index (κ1) is 13.6. The van der Waals surface area contributed by atoms with Gasteiger partial charge in [-0.2, -0.15) is 0 Å². The summed E-state index contributed by atoms with van der Waals surface area (Å²) in [5.41, 5.74) is 3.78. The van der Waals surface area contributed by atoms with E-state index in [9.17, 15) is 9.90 Å². The molecule has 3 atom stereocenters. The lowest BCUT2D eigenvalue weighted by Crippen LogP contribution is -2.54. The van der Waals surface area contributed by atoms with Crippen LogP contribution in [0.2, 0.25) is 0 Å². The van der Waals surface area contributed by atoms with Gasteiger partial charge >= 0.3 is 0 Å². The first-order valence-corrected chi connectivity index (χ1v) is 7.33. The molecule has 0 aliphatic heterocycles. The summed E-state index contributed by atoms with van der Waals surface area (Å²) in [4.78, 5) is 12.7. The summed E-state index contributed by atoms with van der Waals surface area (Å²) in [5, 5.41) is 10.6. The number of Topliss-reactive ketones (excluding diaryl/α,β-unsaturated/α-hetero) is 1. The molecule has 1 saturated carbocycles. The number of benzene rings is 1. The highest BCUT2D eigenvalue weighted by Gasteiger charge is 2.57. The molecule has 20 heavy (non-hydrogen) atoms. The highest BCUT2D eigenvalue weighted by atomic mass is 16.3. The summed E-state index contributed by atoms with van der Waals surface area (Å²) < 4.78 is 0. The Kier molecular flexibility index (Phi) is 2.91. The van der Waals surface area contributed by atoms with Crippen molar-refractivity contribution in [2.24, 2.45) is 17.3 Å². The number of rotatable bonds is 2. The maximum Gasteiger partial charge on any atom is 0.165 e. The molecule has 1 aromatic rings. The number of fused-ring (bicyclic) bond motifs is 1. The van der Waals surface area contributed by atoms with E-state index in [1.807, 2.05) is 38.1 Å². The van der Waals surface area contributed by atoms with E-state index in [0.717, 1.165) is 23.1 Å². The molecule has 3 aliphatic rings. The first-order valence-electron chi connectivity index (χ1n) is 7.33. The lowest BCUT2D eigenvalue weighted by atomic mass is 9.46. The van der Waals surface area contributed by atoms with Gasteiger partial charge in [0.1, 0.15) is 6.10 Å². The first-order chi connectivity index (χ1) is 9.34. The summed E-state index contributed by atoms with van der Waals surface area (Å²) in [6.45, 7) is 8.38. The molecule has 4 rings (SSSR count). The third kappa shape index (κ3) is 1.71. The predicted octanol–water partition coefficient (Wildman–Crippen LogP) is 3.59. The Bertz CT molecular complexity index is 592. The van der Waals surface area contributed by atoms with Gasteiger partial charge in [0, 0.05) is 11.5 Å². The number of hydrogen-bond donors (Lipinski definition) is 1. The molecule has 2 bridgehead atoms. The van der Waals surface area contributed by atoms with Crippen LogP contribution in [0, 0.1) is 24.2 Å². The standard InChI is InChI=1S/C18H22O2/c1-10-5-7-12(8-6-10)16(19)15-11(2)13-9-14(17(15)20)18(13,3)4/h5-8,13-14,16,19H,9H2,1-4H3/t13-,14+,16?/m1/s1. The normalized spacial score (nSPS) is 29.1. The van der Waals surface area contributed by atoms with Crippen molar-refractivity contribution in [1.29, 1.82) is 0 Å². The van der Waals surface area contributed by atoms with E-state index in [-0.39, 0.29) is 17.1 Å². The lowest BCUT2D eigenvalue weighted by molar-refractivity contribution is -0.137. The van der Waals surface area contributed by atoms with E-state index in [2.05, 4.69) is 13.8 Å². The molecule has 2 heteroatoms. The second kappa shape index (κ2) is 4.29. The maximum absolute atomic E-state index is 12.7. The number of allylic oxidation sites excluding steroid dienone is 1. The van der Waals surface area contributed by atoms with Crippen LogP contribution in [-0.2, 0) is 4.79 Å². The van der Waals surface area contributed by atoms with Crippen molar-refractivity contribution >= 4 is 5.78 Å². The van der Waals surface area contributed by atoms with Gasteiger partial charge in [0.25, 0.3) is 0 Å². The van der Waals surface area contributed by atoms with E-state index < -0.39 is 6.10 Å². The highest BCUT2D eigenvalue weighted by Crippen LogP contribution is 2.60. The molecule has 0 amide bonds. The molecular weight excluding hydrogens is 248 g/mol. The molecule has 1 fully saturated rings. The summed E-state index contributed by atoms with van der Waals surface area (Å²) in [6.07, 6.45) is 0.186. The number of aliphatic hydroxyl groups is 1. The summed E-state index contributed by atoms with van der Waals surface area (Å²) in [7, 11) is 0. The molecule has 3 aliphatic carbocycles. The van der Waals surface area contributed by atoms with Crippen molar-refractivity contribution < 1.29 is 9.90 Å². The molecule has 0 radical (unpaired) electrons. The fraction of sp³-hybridized carbons (Fsp3) is 0.500. The Labute approximate surface area is 120 Å². The van der Waals surface area contributed by atoms with Gasteiger partial charge in [0.15, 0.2) is 5.78 Å². The molecule has 106 valence electrons. The molecule has 0 heterocycles. The number of ketones is 1. The van der Waals surface area contributed by atoms with E-state index in [4.69, 9.17) is 0 Å². The van der Waals surface area contributed by atoms with Crippen LogP contribution < -0.4 is 0 Å². The Morgan fingerprint density at radius 2 is 1.75 bits per heavy atom. The largest absolute Gasteiger partial charge is 0.384 e. The molecule has 1 aromatic carbocycles. The zero-order valence-electron chi connectivity index (χ0n) is 12.6. The molecule has 0 aromatic heterocycles. The second-order valence-electron chi connectivity index (χ2n) is 6.94. The molecular formula is C18H22O2. The fourth-order valence-electron chi connectivity index (χ4n) is 3.94. The van der Waals surface area contributed by atoms with E-state index >= 15 is 0 Å². The van der Waals surface area contributed by atoms with Gasteiger partial charge in [-0.25, -0.2) is 0 Å². The third-order valence-electron chi connectivity index (χ3n) is 5.46. The third-order valence-corrected chi connectivity index (χ3v) is 5.46. The quantitative estimate of drug-likeness (QED) is 0.891. The van der Waals surface area contributed by atoms with Crippen molar-refractivity contribution in [3.05, 3.63) is 46.5 Å². The van der Waals surface area contributed by atoms with Crippen LogP contribution in [0.25, 0.3) is 0 Å². The van der Waals surface area contributed by atoms with Crippen LogP contribution in [-0.4, -0.2) is 10.9 Å². The Balaban J connectivity index is 2.00. The van der Waals surface area contributed by atoms with Gasteiger partial charge in [-0.05, 0) is 37.2 Å². The average molecular weight is 270 g/mol. The summed E-state index contributed by atoms with van der Waals surface area (Å²) in [5.74, 6) is 0.690. The Morgan fingerprint density at radius 3 is 2.25 bits per heavy atom. The van der Waals surface area contributed by atoms with Crippen LogP contribution in [0.1, 0.15) is 44.4 Å². The maximum atomic E-state index is 12.7. The van der Waals surface area contributed by atoms with E-state index in [1.54, 1.807) is 0 Å². The zero-order valence-corrected chi connectivity index (χ0v) is 12.6. The molecule has 1 unspecified atom stereocenters. The minimum atomic E-state index is -0.774. The van der Waals surface area contributed by atoms with Gasteiger partial charge in [0.2, 0.25) is 0 Å². The second-order valence-corrected chi connectivity index (χ2v) is 6.94. The van der Waals surface area contributed by atoms with Crippen molar-refractivity contribution in [2.75, 3.05) is 0 Å². The molecule has 2 nitrogen and oxygen atoms in total. The van der Waals surface area contributed by atoms with Crippen LogP contribution in [0.3, 0.4) is 0 Å². The monoisotopic (exact) mass is 270 g/mol. The van der Waals surface area contributed by atoms with Crippen LogP contribution in [0.5, 0.6) is 0 Å². The van der Waals surface area contributed by atoms with E-state index in [0.29, 0.717) is 11.5 Å². The molecule has 0 saturated heterocycles. The average Bonchev–Trinajstić information content (AvgIpc) is 2.37. The van der Waals surface area contributed by atoms with Gasteiger partial charge in [-0.1, -0.05) is 49.2 Å². The molecule has 0 spiro atoms. The predicted molar refractivity (Wildman–Crippen MR) is 79.2 cm³/mol. The summed E-state index contributed by atoms with van der Waals surface area (Å²) >= 11 is 0. The lowest BCUT2D eigenvalue weighted by Gasteiger charge is -2.56.